The fourth-order valence-electron chi connectivity index (χ4n) is 3.55. The Morgan fingerprint density at radius 1 is 1.21 bits per heavy atom. The summed E-state index contributed by atoms with van der Waals surface area (Å²) < 4.78 is 38.4. The molecule has 0 radical (unpaired) electrons. The Morgan fingerprint density at radius 2 is 1.96 bits per heavy atom. The van der Waals surface area contributed by atoms with Crippen molar-refractivity contribution in [2.24, 2.45) is 0 Å². The third kappa shape index (κ3) is 4.20. The van der Waals surface area contributed by atoms with E-state index in [-0.39, 0.29) is 19.8 Å². The van der Waals surface area contributed by atoms with Crippen molar-refractivity contribution in [3.05, 3.63) is 35.9 Å². The van der Waals surface area contributed by atoms with Crippen LogP contribution in [-0.2, 0) is 38.0 Å². The van der Waals surface area contributed by atoms with E-state index in [9.17, 15) is 9.90 Å². The molecule has 1 aromatic carbocycles. The molecule has 2 aliphatic rings. The highest BCUT2D eigenvalue weighted by atomic mass is 16.8. The van der Waals surface area contributed by atoms with E-state index in [1.807, 2.05) is 30.3 Å². The van der Waals surface area contributed by atoms with Crippen LogP contribution < -0.4 is 0 Å². The van der Waals surface area contributed by atoms with Gasteiger partial charge in [0.15, 0.2) is 12.6 Å². The molecule has 0 bridgehead atoms. The summed E-state index contributed by atoms with van der Waals surface area (Å²) in [6.45, 7) is 0.0118. The highest BCUT2D eigenvalue weighted by Gasteiger charge is 2.60. The summed E-state index contributed by atoms with van der Waals surface area (Å²) in [5.41, 5.74) is -1.00. The van der Waals surface area contributed by atoms with E-state index in [2.05, 4.69) is 0 Å². The third-order valence-corrected chi connectivity index (χ3v) is 4.89. The molecule has 1 aromatic rings. The Balaban J connectivity index is 1.91. The number of benzene rings is 1. The largest absolute Gasteiger partial charge is 0.469 e. The fourth-order valence-corrected chi connectivity index (χ4v) is 3.55. The maximum Gasteiger partial charge on any atom is 0.308 e. The van der Waals surface area contributed by atoms with Crippen LogP contribution in [0.2, 0.25) is 0 Å². The maximum atomic E-state index is 12.1. The van der Waals surface area contributed by atoms with Crippen LogP contribution in [0.5, 0.6) is 0 Å². The molecule has 2 heterocycles. The number of hydrogen-bond acceptors (Lipinski definition) is 9. The molecule has 6 atom stereocenters. The van der Waals surface area contributed by atoms with Gasteiger partial charge in [-0.15, -0.1) is 0 Å². The number of carbonyl (C=O) groups excluding carboxylic acids is 1. The lowest BCUT2D eigenvalue weighted by molar-refractivity contribution is -0.392. The number of ether oxygens (including phenoxy) is 7. The van der Waals surface area contributed by atoms with Crippen LogP contribution in [0.15, 0.2) is 30.3 Å². The van der Waals surface area contributed by atoms with E-state index in [4.69, 9.17) is 33.2 Å². The van der Waals surface area contributed by atoms with Crippen molar-refractivity contribution in [3.63, 3.8) is 0 Å². The van der Waals surface area contributed by atoms with Gasteiger partial charge in [-0.2, -0.15) is 0 Å². The first kappa shape index (κ1) is 21.1. The Hall–Kier alpha value is -1.59. The molecule has 0 aliphatic carbocycles. The zero-order chi connectivity index (χ0) is 20.1. The van der Waals surface area contributed by atoms with E-state index in [0.717, 1.165) is 5.56 Å². The van der Waals surface area contributed by atoms with Gasteiger partial charge in [-0.05, 0) is 0 Å². The molecule has 0 aromatic heterocycles. The van der Waals surface area contributed by atoms with E-state index in [1.54, 1.807) is 0 Å². The zero-order valence-corrected chi connectivity index (χ0v) is 16.1. The van der Waals surface area contributed by atoms with Gasteiger partial charge in [-0.25, -0.2) is 0 Å². The minimum Gasteiger partial charge on any atom is -0.469 e. The van der Waals surface area contributed by atoms with Crippen LogP contribution in [0, 0.1) is 0 Å². The number of rotatable bonds is 7. The number of esters is 1. The summed E-state index contributed by atoms with van der Waals surface area (Å²) >= 11 is 0. The molecule has 2 fully saturated rings. The Kier molecular flexibility index (Phi) is 7.00. The first-order chi connectivity index (χ1) is 13.5. The second kappa shape index (κ2) is 9.27. The van der Waals surface area contributed by atoms with Crippen LogP contribution in [0.25, 0.3) is 0 Å². The SMILES string of the molecule is COCO[C@H]1[C@@H](OC)O[C@@H]2CO[C@@H](c3ccccc3)O[C@H]2[C@]1(O)CC(=O)OC. The number of aliphatic hydroxyl groups is 1. The second-order valence-corrected chi connectivity index (χ2v) is 6.65. The van der Waals surface area contributed by atoms with Crippen molar-refractivity contribution in [1.29, 1.82) is 0 Å². The van der Waals surface area contributed by atoms with Crippen molar-refractivity contribution < 1.29 is 43.1 Å². The van der Waals surface area contributed by atoms with Gasteiger partial charge in [0.2, 0.25) is 0 Å². The van der Waals surface area contributed by atoms with E-state index in [0.29, 0.717) is 0 Å². The highest BCUT2D eigenvalue weighted by Crippen LogP contribution is 2.42. The number of methoxy groups -OCH3 is 3. The minimum atomic E-state index is -1.79. The second-order valence-electron chi connectivity index (χ2n) is 6.65. The first-order valence-corrected chi connectivity index (χ1v) is 8.93. The van der Waals surface area contributed by atoms with E-state index < -0.39 is 42.5 Å². The van der Waals surface area contributed by atoms with Gasteiger partial charge in [0.25, 0.3) is 0 Å². The predicted molar refractivity (Wildman–Crippen MR) is 94.0 cm³/mol. The lowest BCUT2D eigenvalue weighted by atomic mass is 9.80. The van der Waals surface area contributed by atoms with Crippen LogP contribution in [0.3, 0.4) is 0 Å². The topological polar surface area (TPSA) is 102 Å². The molecule has 9 heteroatoms. The summed E-state index contributed by atoms with van der Waals surface area (Å²) in [6, 6.07) is 9.30. The highest BCUT2D eigenvalue weighted by molar-refractivity contribution is 5.71. The average Bonchev–Trinajstić information content (AvgIpc) is 2.73. The quantitative estimate of drug-likeness (QED) is 0.527. The van der Waals surface area contributed by atoms with Crippen molar-refractivity contribution in [2.45, 2.75) is 42.9 Å². The van der Waals surface area contributed by atoms with Crippen LogP contribution in [0.4, 0.5) is 0 Å². The molecule has 0 amide bonds. The van der Waals surface area contributed by atoms with Gasteiger partial charge in [-0.3, -0.25) is 4.79 Å². The lowest BCUT2D eigenvalue weighted by Gasteiger charge is -2.53. The lowest BCUT2D eigenvalue weighted by Crippen LogP contribution is -2.70. The maximum absolute atomic E-state index is 12.1. The van der Waals surface area contributed by atoms with Gasteiger partial charge in [0, 0.05) is 19.8 Å². The van der Waals surface area contributed by atoms with E-state index in [1.165, 1.54) is 21.3 Å². The van der Waals surface area contributed by atoms with Crippen LogP contribution in [0.1, 0.15) is 18.3 Å². The summed E-state index contributed by atoms with van der Waals surface area (Å²) in [7, 11) is 4.12. The van der Waals surface area contributed by atoms with Gasteiger partial charge in [0.05, 0.1) is 20.1 Å². The molecule has 0 unspecified atom stereocenters. The normalized spacial score (nSPS) is 35.2. The monoisotopic (exact) mass is 398 g/mol. The smallest absolute Gasteiger partial charge is 0.308 e. The van der Waals surface area contributed by atoms with Gasteiger partial charge < -0.3 is 38.3 Å². The van der Waals surface area contributed by atoms with Crippen molar-refractivity contribution >= 4 is 5.97 Å². The third-order valence-electron chi connectivity index (χ3n) is 4.89. The Labute approximate surface area is 163 Å². The molecule has 9 nitrogen and oxygen atoms in total. The van der Waals surface area contributed by atoms with Crippen molar-refractivity contribution in [1.82, 2.24) is 0 Å². The van der Waals surface area contributed by atoms with Gasteiger partial charge in [0.1, 0.15) is 30.7 Å². The standard InChI is InChI=1S/C19H26O9/c1-22-11-26-16-18(24-3)27-13-10-25-17(12-7-5-4-6-8-12)28-15(13)19(16,21)9-14(20)23-2/h4-8,13,15-18,21H,9-11H2,1-3H3/t13-,15-,16+,17-,18+,19-/m1/s1. The summed E-state index contributed by atoms with van der Waals surface area (Å²) in [6.07, 6.45) is -4.68. The molecular formula is C19H26O9. The molecule has 2 aliphatic heterocycles. The summed E-state index contributed by atoms with van der Waals surface area (Å²) in [5, 5.41) is 11.6. The fraction of sp³-hybridized carbons (Fsp3) is 0.632. The predicted octanol–water partition coefficient (Wildman–Crippen LogP) is 0.755. The Bertz CT molecular complexity index is 640. The van der Waals surface area contributed by atoms with E-state index >= 15 is 0 Å². The van der Waals surface area contributed by atoms with Gasteiger partial charge >= 0.3 is 5.97 Å². The summed E-state index contributed by atoms with van der Waals surface area (Å²) in [5.74, 6) is -0.615. The van der Waals surface area contributed by atoms with Crippen LogP contribution >= 0.6 is 0 Å². The molecule has 3 rings (SSSR count). The molecule has 28 heavy (non-hydrogen) atoms. The summed E-state index contributed by atoms with van der Waals surface area (Å²) in [4.78, 5) is 12.1. The molecule has 156 valence electrons. The number of fused-ring (bicyclic) bond motifs is 1. The first-order valence-electron chi connectivity index (χ1n) is 8.93. The zero-order valence-electron chi connectivity index (χ0n) is 16.1. The Morgan fingerprint density at radius 3 is 2.61 bits per heavy atom. The van der Waals surface area contributed by atoms with Crippen LogP contribution in [-0.4, -0.2) is 76.0 Å². The molecule has 0 spiro atoms. The molecule has 1 N–H and O–H groups in total. The van der Waals surface area contributed by atoms with Crippen molar-refractivity contribution in [3.8, 4) is 0 Å². The number of hydrogen-bond donors (Lipinski definition) is 1. The number of carbonyl (C=O) groups is 1. The molecule has 0 saturated carbocycles. The van der Waals surface area contributed by atoms with Gasteiger partial charge in [-0.1, -0.05) is 30.3 Å². The molecule has 2 saturated heterocycles. The molecular weight excluding hydrogens is 372 g/mol. The average molecular weight is 398 g/mol. The van der Waals surface area contributed by atoms with Crippen molar-refractivity contribution in [2.75, 3.05) is 34.7 Å². The minimum absolute atomic E-state index is 0.132.